The Kier molecular flexibility index (Phi) is 2.20. The second kappa shape index (κ2) is 3.47. The predicted molar refractivity (Wildman–Crippen MR) is 61.7 cm³/mol. The zero-order valence-electron chi connectivity index (χ0n) is 9.58. The summed E-state index contributed by atoms with van der Waals surface area (Å²) in [5, 5.41) is 0. The first-order chi connectivity index (χ1) is 7.66. The Morgan fingerprint density at radius 2 is 2.00 bits per heavy atom. The largest absolute Gasteiger partial charge is 0.458 e. The Labute approximate surface area is 96.4 Å². The van der Waals surface area contributed by atoms with Gasteiger partial charge in [0.15, 0.2) is 0 Å². The number of hydrogen-bond donors (Lipinski definition) is 0. The topological polar surface area (TPSA) is 26.3 Å². The Bertz CT molecular complexity index is 369. The van der Waals surface area contributed by atoms with Crippen molar-refractivity contribution in [2.24, 2.45) is 17.8 Å². The molecular weight excluding hydrogens is 200 g/mol. The summed E-state index contributed by atoms with van der Waals surface area (Å²) in [6.07, 6.45) is 5.88. The van der Waals surface area contributed by atoms with Crippen molar-refractivity contribution in [2.45, 2.75) is 38.2 Å². The van der Waals surface area contributed by atoms with Gasteiger partial charge in [-0.05, 0) is 43.9 Å². The van der Waals surface area contributed by atoms with E-state index in [0.29, 0.717) is 17.4 Å². The summed E-state index contributed by atoms with van der Waals surface area (Å²) >= 11 is 0. The minimum atomic E-state index is -0.167. The second-order valence-electron chi connectivity index (χ2n) is 5.46. The van der Waals surface area contributed by atoms with Crippen molar-refractivity contribution >= 4 is 5.97 Å². The predicted octanol–water partition coefficient (Wildman–Crippen LogP) is 2.85. The molecule has 2 heteroatoms. The van der Waals surface area contributed by atoms with Crippen molar-refractivity contribution < 1.29 is 9.53 Å². The number of allylic oxidation sites excluding steroid dienone is 1. The molecule has 0 aromatic carbocycles. The summed E-state index contributed by atoms with van der Waals surface area (Å²) < 4.78 is 5.39. The van der Waals surface area contributed by atoms with Gasteiger partial charge in [-0.1, -0.05) is 18.7 Å². The molecule has 2 saturated carbocycles. The van der Waals surface area contributed by atoms with Gasteiger partial charge < -0.3 is 4.74 Å². The summed E-state index contributed by atoms with van der Waals surface area (Å²) in [5.41, 5.74) is 2.09. The Balaban J connectivity index is 1.84. The number of esters is 1. The van der Waals surface area contributed by atoms with Gasteiger partial charge in [0, 0.05) is 11.5 Å². The van der Waals surface area contributed by atoms with Gasteiger partial charge in [-0.15, -0.1) is 0 Å². The molecule has 3 fully saturated rings. The fourth-order valence-electron chi connectivity index (χ4n) is 3.70. The number of hydrogen-bond acceptors (Lipinski definition) is 2. The van der Waals surface area contributed by atoms with Crippen LogP contribution in [0.3, 0.4) is 0 Å². The van der Waals surface area contributed by atoms with Crippen LogP contribution >= 0.6 is 0 Å². The molecule has 0 bridgehead atoms. The molecule has 86 valence electrons. The molecule has 0 N–H and O–H groups in total. The van der Waals surface area contributed by atoms with Crippen molar-refractivity contribution in [3.8, 4) is 0 Å². The minimum Gasteiger partial charge on any atom is -0.458 e. The van der Waals surface area contributed by atoms with Gasteiger partial charge in [0.25, 0.3) is 0 Å². The number of rotatable bonds is 0. The van der Waals surface area contributed by atoms with Crippen molar-refractivity contribution in [3.63, 3.8) is 0 Å². The summed E-state index contributed by atoms with van der Waals surface area (Å²) in [5.74, 6) is 1.41. The van der Waals surface area contributed by atoms with Gasteiger partial charge in [0.1, 0.15) is 6.10 Å². The molecule has 2 aliphatic carbocycles. The van der Waals surface area contributed by atoms with E-state index in [1.807, 2.05) is 0 Å². The Hall–Kier alpha value is -1.05. The third kappa shape index (κ3) is 1.35. The van der Waals surface area contributed by atoms with Crippen LogP contribution in [0.1, 0.15) is 32.1 Å². The molecule has 3 rings (SSSR count). The standard InChI is InChI=1S/C14H18O2/c1-8-4-3-5-10-6-13-12(7-11(8)10)9(2)14(15)16-13/h10-13H,1-7H2/t10-,11?,12-,13?/m1/s1. The van der Waals surface area contributed by atoms with Gasteiger partial charge in [0.2, 0.25) is 0 Å². The molecule has 1 aliphatic heterocycles. The van der Waals surface area contributed by atoms with E-state index in [4.69, 9.17) is 4.74 Å². The second-order valence-corrected chi connectivity index (χ2v) is 5.46. The molecule has 0 amide bonds. The highest BCUT2D eigenvalue weighted by atomic mass is 16.6. The highest BCUT2D eigenvalue weighted by Gasteiger charge is 2.47. The van der Waals surface area contributed by atoms with Crippen molar-refractivity contribution in [1.82, 2.24) is 0 Å². The molecule has 0 aromatic heterocycles. The number of carbonyl (C=O) groups excluding carboxylic acids is 1. The summed E-state index contributed by atoms with van der Waals surface area (Å²) in [6, 6.07) is 0. The van der Waals surface area contributed by atoms with Crippen molar-refractivity contribution in [3.05, 3.63) is 24.3 Å². The first-order valence-electron chi connectivity index (χ1n) is 6.24. The van der Waals surface area contributed by atoms with Crippen molar-refractivity contribution in [2.75, 3.05) is 0 Å². The van der Waals surface area contributed by atoms with E-state index in [-0.39, 0.29) is 18.0 Å². The maximum absolute atomic E-state index is 11.5. The van der Waals surface area contributed by atoms with Crippen LogP contribution in [0, 0.1) is 17.8 Å². The van der Waals surface area contributed by atoms with E-state index < -0.39 is 0 Å². The molecule has 0 aromatic rings. The first-order valence-corrected chi connectivity index (χ1v) is 6.24. The molecular formula is C14H18O2. The van der Waals surface area contributed by atoms with Crippen LogP contribution in [0.2, 0.25) is 0 Å². The van der Waals surface area contributed by atoms with E-state index in [1.54, 1.807) is 0 Å². The fourth-order valence-corrected chi connectivity index (χ4v) is 3.70. The highest BCUT2D eigenvalue weighted by molar-refractivity contribution is 5.90. The summed E-state index contributed by atoms with van der Waals surface area (Å²) in [6.45, 7) is 8.08. The van der Waals surface area contributed by atoms with Gasteiger partial charge >= 0.3 is 5.97 Å². The lowest BCUT2D eigenvalue weighted by Crippen LogP contribution is -2.36. The quantitative estimate of drug-likeness (QED) is 0.355. The Morgan fingerprint density at radius 1 is 1.19 bits per heavy atom. The summed E-state index contributed by atoms with van der Waals surface area (Å²) in [4.78, 5) is 11.5. The van der Waals surface area contributed by atoms with Crippen LogP contribution in [0.15, 0.2) is 24.3 Å². The molecule has 16 heavy (non-hydrogen) atoms. The fraction of sp³-hybridized carbons (Fsp3) is 0.643. The third-order valence-corrected chi connectivity index (χ3v) is 4.63. The van der Waals surface area contributed by atoms with Gasteiger partial charge in [-0.25, -0.2) is 4.79 Å². The van der Waals surface area contributed by atoms with Crippen LogP contribution in [0.5, 0.6) is 0 Å². The zero-order chi connectivity index (χ0) is 11.3. The number of fused-ring (bicyclic) bond motifs is 2. The maximum atomic E-state index is 11.5. The van der Waals surface area contributed by atoms with Gasteiger partial charge in [-0.3, -0.25) is 0 Å². The molecule has 1 saturated heterocycles. The smallest absolute Gasteiger partial charge is 0.334 e. The van der Waals surface area contributed by atoms with Crippen LogP contribution < -0.4 is 0 Å². The lowest BCUT2D eigenvalue weighted by Gasteiger charge is -2.41. The average molecular weight is 218 g/mol. The summed E-state index contributed by atoms with van der Waals surface area (Å²) in [7, 11) is 0. The molecule has 4 atom stereocenters. The monoisotopic (exact) mass is 218 g/mol. The molecule has 2 nitrogen and oxygen atoms in total. The molecule has 3 aliphatic rings. The van der Waals surface area contributed by atoms with Crippen LogP contribution in [-0.2, 0) is 9.53 Å². The average Bonchev–Trinajstić information content (AvgIpc) is 2.53. The van der Waals surface area contributed by atoms with Crippen LogP contribution in [0.4, 0.5) is 0 Å². The number of carbonyl (C=O) groups is 1. The molecule has 1 heterocycles. The van der Waals surface area contributed by atoms with E-state index in [1.165, 1.54) is 24.8 Å². The Morgan fingerprint density at radius 3 is 2.81 bits per heavy atom. The zero-order valence-corrected chi connectivity index (χ0v) is 9.58. The van der Waals surface area contributed by atoms with E-state index in [2.05, 4.69) is 13.2 Å². The van der Waals surface area contributed by atoms with Gasteiger partial charge in [-0.2, -0.15) is 0 Å². The highest BCUT2D eigenvalue weighted by Crippen LogP contribution is 2.49. The molecule has 0 spiro atoms. The first kappa shape index (κ1) is 10.1. The lowest BCUT2D eigenvalue weighted by molar-refractivity contribution is -0.140. The normalized spacial score (nSPS) is 42.6. The van der Waals surface area contributed by atoms with E-state index in [0.717, 1.165) is 12.8 Å². The maximum Gasteiger partial charge on any atom is 0.334 e. The van der Waals surface area contributed by atoms with E-state index in [9.17, 15) is 4.79 Å². The van der Waals surface area contributed by atoms with Crippen LogP contribution in [-0.4, -0.2) is 12.1 Å². The minimum absolute atomic E-state index is 0.118. The number of ether oxygens (including phenoxy) is 1. The molecule has 2 unspecified atom stereocenters. The SMILES string of the molecule is C=C1CCC[C@@H]2CC3OC(=O)C(=C)[C@H]3CC12. The van der Waals surface area contributed by atoms with E-state index >= 15 is 0 Å². The third-order valence-electron chi connectivity index (χ3n) is 4.63. The lowest BCUT2D eigenvalue weighted by atomic mass is 9.64. The van der Waals surface area contributed by atoms with Gasteiger partial charge in [0.05, 0.1) is 0 Å². The van der Waals surface area contributed by atoms with Crippen LogP contribution in [0.25, 0.3) is 0 Å². The van der Waals surface area contributed by atoms with Crippen molar-refractivity contribution in [1.29, 1.82) is 0 Å². The molecule has 0 radical (unpaired) electrons.